The molecule has 3 aromatic rings. The number of hydrogen-bond donors (Lipinski definition) is 0. The second-order valence-corrected chi connectivity index (χ2v) is 6.68. The molecule has 1 fully saturated rings. The zero-order chi connectivity index (χ0) is 16.2. The number of benzene rings is 2. The Labute approximate surface area is 143 Å². The zero-order valence-corrected chi connectivity index (χ0v) is 13.9. The fraction of sp³-hybridized carbons (Fsp3) is 0.333. The smallest absolute Gasteiger partial charge is 0.104 e. The normalized spacial score (nSPS) is 15.7. The van der Waals surface area contributed by atoms with Crippen LogP contribution in [0.2, 0.25) is 0 Å². The molecule has 0 unspecified atom stereocenters. The van der Waals surface area contributed by atoms with Gasteiger partial charge in [0.2, 0.25) is 0 Å². The summed E-state index contributed by atoms with van der Waals surface area (Å²) in [4.78, 5) is 0. The van der Waals surface area contributed by atoms with Crippen LogP contribution in [0.15, 0.2) is 66.9 Å². The lowest BCUT2D eigenvalue weighted by Crippen LogP contribution is -2.13. The van der Waals surface area contributed by atoms with Crippen molar-refractivity contribution < 1.29 is 0 Å². The third-order valence-electron chi connectivity index (χ3n) is 5.05. The first-order valence-corrected chi connectivity index (χ1v) is 8.93. The van der Waals surface area contributed by atoms with Crippen molar-refractivity contribution in [3.63, 3.8) is 0 Å². The number of aromatic nitrogens is 3. The molecule has 1 saturated carbocycles. The molecule has 0 saturated heterocycles. The van der Waals surface area contributed by atoms with Gasteiger partial charge in [0, 0.05) is 12.1 Å². The Hall–Kier alpha value is -2.42. The van der Waals surface area contributed by atoms with E-state index in [1.54, 1.807) is 0 Å². The van der Waals surface area contributed by atoms with Crippen LogP contribution in [0.5, 0.6) is 0 Å². The molecule has 24 heavy (non-hydrogen) atoms. The maximum Gasteiger partial charge on any atom is 0.104 e. The number of hydrogen-bond acceptors (Lipinski definition) is 2. The van der Waals surface area contributed by atoms with Gasteiger partial charge in [-0.05, 0) is 24.0 Å². The monoisotopic (exact) mass is 317 g/mol. The molecular formula is C21H23N3. The predicted octanol–water partition coefficient (Wildman–Crippen LogP) is 4.96. The average Bonchev–Trinajstić information content (AvgIpc) is 3.14. The summed E-state index contributed by atoms with van der Waals surface area (Å²) < 4.78 is 2.04. The van der Waals surface area contributed by atoms with E-state index in [9.17, 15) is 0 Å². The van der Waals surface area contributed by atoms with Gasteiger partial charge in [0.15, 0.2) is 0 Å². The van der Waals surface area contributed by atoms with Crippen molar-refractivity contribution in [3.8, 4) is 0 Å². The first-order chi connectivity index (χ1) is 11.9. The topological polar surface area (TPSA) is 30.7 Å². The predicted molar refractivity (Wildman–Crippen MR) is 96.0 cm³/mol. The molecule has 0 radical (unpaired) electrons. The Kier molecular flexibility index (Phi) is 4.41. The summed E-state index contributed by atoms with van der Waals surface area (Å²) in [6.07, 6.45) is 8.67. The van der Waals surface area contributed by atoms with Gasteiger partial charge in [0.25, 0.3) is 0 Å². The van der Waals surface area contributed by atoms with Gasteiger partial charge in [0.05, 0.1) is 5.69 Å². The minimum Gasteiger partial charge on any atom is -0.240 e. The lowest BCUT2D eigenvalue weighted by molar-refractivity contribution is 0.436. The van der Waals surface area contributed by atoms with Gasteiger partial charge in [0.1, 0.15) is 6.04 Å². The second-order valence-electron chi connectivity index (χ2n) is 6.68. The summed E-state index contributed by atoms with van der Waals surface area (Å²) in [5.74, 6) is 0.583. The third kappa shape index (κ3) is 3.12. The first-order valence-electron chi connectivity index (χ1n) is 8.93. The highest BCUT2D eigenvalue weighted by molar-refractivity contribution is 5.32. The molecule has 3 heteroatoms. The maximum absolute atomic E-state index is 4.52. The van der Waals surface area contributed by atoms with E-state index in [0.717, 1.165) is 5.69 Å². The Morgan fingerprint density at radius 3 is 1.96 bits per heavy atom. The molecule has 1 aromatic heterocycles. The molecule has 4 rings (SSSR count). The van der Waals surface area contributed by atoms with Crippen molar-refractivity contribution in [2.75, 3.05) is 0 Å². The van der Waals surface area contributed by atoms with E-state index in [4.69, 9.17) is 0 Å². The van der Waals surface area contributed by atoms with E-state index in [0.29, 0.717) is 5.92 Å². The SMILES string of the molecule is c1ccc(C(c2ccccc2)n2cc(C3CCCCC3)nn2)cc1. The van der Waals surface area contributed by atoms with Crippen LogP contribution in [0.4, 0.5) is 0 Å². The summed E-state index contributed by atoms with van der Waals surface area (Å²) in [7, 11) is 0. The molecular weight excluding hydrogens is 294 g/mol. The Morgan fingerprint density at radius 1 is 0.792 bits per heavy atom. The number of nitrogens with zero attached hydrogens (tertiary/aromatic N) is 3. The van der Waals surface area contributed by atoms with E-state index in [1.165, 1.54) is 43.2 Å². The third-order valence-corrected chi connectivity index (χ3v) is 5.05. The van der Waals surface area contributed by atoms with Gasteiger partial charge in [-0.15, -0.1) is 5.10 Å². The number of rotatable bonds is 4. The standard InChI is InChI=1S/C21H23N3/c1-4-10-17(11-5-1)20-16-24(23-22-20)21(18-12-6-2-7-13-18)19-14-8-3-9-15-19/h2-3,6-9,12-17,21H,1,4-5,10-11H2. The highest BCUT2D eigenvalue weighted by atomic mass is 15.4. The van der Waals surface area contributed by atoms with Crippen LogP contribution < -0.4 is 0 Å². The van der Waals surface area contributed by atoms with Gasteiger partial charge in [-0.2, -0.15) is 0 Å². The quantitative estimate of drug-likeness (QED) is 0.680. The Morgan fingerprint density at radius 2 is 1.38 bits per heavy atom. The van der Waals surface area contributed by atoms with E-state index in [-0.39, 0.29) is 6.04 Å². The molecule has 122 valence electrons. The van der Waals surface area contributed by atoms with Crippen LogP contribution in [0.25, 0.3) is 0 Å². The minimum atomic E-state index is 0.0808. The summed E-state index contributed by atoms with van der Waals surface area (Å²) in [6, 6.07) is 21.2. The first kappa shape index (κ1) is 15.1. The van der Waals surface area contributed by atoms with Crippen LogP contribution in [0, 0.1) is 0 Å². The molecule has 0 bridgehead atoms. The molecule has 0 aliphatic heterocycles. The van der Waals surface area contributed by atoms with Crippen molar-refractivity contribution >= 4 is 0 Å². The summed E-state index contributed by atoms with van der Waals surface area (Å²) >= 11 is 0. The van der Waals surface area contributed by atoms with Crippen LogP contribution in [-0.2, 0) is 0 Å². The fourth-order valence-electron chi connectivity index (χ4n) is 3.77. The van der Waals surface area contributed by atoms with E-state index in [1.807, 2.05) is 4.68 Å². The highest BCUT2D eigenvalue weighted by Crippen LogP contribution is 2.33. The van der Waals surface area contributed by atoms with E-state index in [2.05, 4.69) is 77.2 Å². The average molecular weight is 317 g/mol. The van der Waals surface area contributed by atoms with Crippen molar-refractivity contribution in [2.24, 2.45) is 0 Å². The van der Waals surface area contributed by atoms with E-state index < -0.39 is 0 Å². The lowest BCUT2D eigenvalue weighted by Gasteiger charge is -2.20. The molecule has 1 aliphatic rings. The fourth-order valence-corrected chi connectivity index (χ4v) is 3.77. The molecule has 1 aliphatic carbocycles. The van der Waals surface area contributed by atoms with Gasteiger partial charge >= 0.3 is 0 Å². The minimum absolute atomic E-state index is 0.0808. The van der Waals surface area contributed by atoms with Gasteiger partial charge in [-0.3, -0.25) is 0 Å². The van der Waals surface area contributed by atoms with Gasteiger partial charge in [-0.25, -0.2) is 4.68 Å². The van der Waals surface area contributed by atoms with Crippen LogP contribution in [0.1, 0.15) is 60.9 Å². The summed E-state index contributed by atoms with van der Waals surface area (Å²) in [6.45, 7) is 0. The Balaban J connectivity index is 1.70. The Bertz CT molecular complexity index is 719. The van der Waals surface area contributed by atoms with Crippen LogP contribution in [-0.4, -0.2) is 15.0 Å². The largest absolute Gasteiger partial charge is 0.240 e. The van der Waals surface area contributed by atoms with E-state index >= 15 is 0 Å². The summed E-state index contributed by atoms with van der Waals surface area (Å²) in [5.41, 5.74) is 3.64. The van der Waals surface area contributed by atoms with Gasteiger partial charge < -0.3 is 0 Å². The van der Waals surface area contributed by atoms with Crippen molar-refractivity contribution in [3.05, 3.63) is 83.7 Å². The molecule has 1 heterocycles. The molecule has 0 amide bonds. The molecule has 2 aromatic carbocycles. The van der Waals surface area contributed by atoms with Crippen molar-refractivity contribution in [1.82, 2.24) is 15.0 Å². The molecule has 3 nitrogen and oxygen atoms in total. The lowest BCUT2D eigenvalue weighted by atomic mass is 9.87. The molecule has 0 N–H and O–H groups in total. The maximum atomic E-state index is 4.52. The van der Waals surface area contributed by atoms with Crippen molar-refractivity contribution in [1.29, 1.82) is 0 Å². The van der Waals surface area contributed by atoms with Crippen molar-refractivity contribution in [2.45, 2.75) is 44.1 Å². The summed E-state index contributed by atoms with van der Waals surface area (Å²) in [5, 5.41) is 9.04. The zero-order valence-electron chi connectivity index (χ0n) is 13.9. The van der Waals surface area contributed by atoms with Crippen LogP contribution in [0.3, 0.4) is 0 Å². The molecule has 0 atom stereocenters. The second kappa shape index (κ2) is 7.00. The van der Waals surface area contributed by atoms with Crippen LogP contribution >= 0.6 is 0 Å². The van der Waals surface area contributed by atoms with Gasteiger partial charge in [-0.1, -0.05) is 85.1 Å². The highest BCUT2D eigenvalue weighted by Gasteiger charge is 2.22. The molecule has 0 spiro atoms.